The summed E-state index contributed by atoms with van der Waals surface area (Å²) in [4.78, 5) is 7.74. The average Bonchev–Trinajstić information content (AvgIpc) is 3.01. The van der Waals surface area contributed by atoms with Crippen LogP contribution in [0, 0.1) is 0 Å². The fourth-order valence-corrected chi connectivity index (χ4v) is 5.43. The van der Waals surface area contributed by atoms with Crippen LogP contribution in [-0.4, -0.2) is 11.5 Å². The minimum absolute atomic E-state index is 0.802. The van der Waals surface area contributed by atoms with Crippen LogP contribution in [0.1, 0.15) is 11.1 Å². The lowest BCUT2D eigenvalue weighted by atomic mass is 9.91. The molecule has 180 valence electrons. The standard InChI is InChI=1S/C36H26N2/c1-5-13-26(14-6-1)29-23-33-35(38(25-29)30-19-11-4-12-20-30)22-21-31-32(27-15-7-2-8-16-27)24-34(37-36(31)33)28-17-9-3-10-18-28/h1-24H,25H2. The molecule has 38 heavy (non-hydrogen) atoms. The molecule has 0 saturated heterocycles. The fourth-order valence-electron chi connectivity index (χ4n) is 5.43. The summed E-state index contributed by atoms with van der Waals surface area (Å²) in [6.07, 6.45) is 2.35. The predicted octanol–water partition coefficient (Wildman–Crippen LogP) is 9.26. The second kappa shape index (κ2) is 9.49. The summed E-state index contributed by atoms with van der Waals surface area (Å²) in [6, 6.07) is 49.2. The van der Waals surface area contributed by atoms with Gasteiger partial charge in [-0.25, -0.2) is 4.98 Å². The Bertz CT molecular complexity index is 1760. The minimum atomic E-state index is 0.802. The Labute approximate surface area is 223 Å². The van der Waals surface area contributed by atoms with Crippen LogP contribution in [-0.2, 0) is 0 Å². The Morgan fingerprint density at radius 3 is 1.79 bits per heavy atom. The summed E-state index contributed by atoms with van der Waals surface area (Å²) in [5, 5.41) is 1.16. The van der Waals surface area contributed by atoms with E-state index in [9.17, 15) is 0 Å². The first-order valence-electron chi connectivity index (χ1n) is 13.0. The van der Waals surface area contributed by atoms with Gasteiger partial charge in [0.1, 0.15) is 0 Å². The van der Waals surface area contributed by atoms with Crippen LogP contribution in [0.25, 0.3) is 44.9 Å². The molecule has 6 aromatic rings. The van der Waals surface area contributed by atoms with Gasteiger partial charge in [0.05, 0.1) is 16.9 Å². The highest BCUT2D eigenvalue weighted by atomic mass is 15.1. The number of rotatable bonds is 4. The second-order valence-corrected chi connectivity index (χ2v) is 9.64. The van der Waals surface area contributed by atoms with Crippen molar-refractivity contribution in [3.05, 3.63) is 151 Å². The molecule has 0 spiro atoms. The van der Waals surface area contributed by atoms with E-state index < -0.39 is 0 Å². The number of aromatic nitrogens is 1. The molecule has 0 radical (unpaired) electrons. The summed E-state index contributed by atoms with van der Waals surface area (Å²) >= 11 is 0. The molecular weight excluding hydrogens is 460 g/mol. The first-order valence-corrected chi connectivity index (χ1v) is 13.0. The molecule has 0 aliphatic carbocycles. The van der Waals surface area contributed by atoms with Crippen molar-refractivity contribution in [1.29, 1.82) is 0 Å². The van der Waals surface area contributed by atoms with Gasteiger partial charge in [0, 0.05) is 28.7 Å². The van der Waals surface area contributed by atoms with Crippen LogP contribution in [0.3, 0.4) is 0 Å². The zero-order valence-electron chi connectivity index (χ0n) is 21.0. The second-order valence-electron chi connectivity index (χ2n) is 9.64. The predicted molar refractivity (Wildman–Crippen MR) is 160 cm³/mol. The Morgan fingerprint density at radius 2 is 1.13 bits per heavy atom. The van der Waals surface area contributed by atoms with Gasteiger partial charge in [-0.15, -0.1) is 0 Å². The summed E-state index contributed by atoms with van der Waals surface area (Å²) in [7, 11) is 0. The van der Waals surface area contributed by atoms with Crippen molar-refractivity contribution in [2.75, 3.05) is 11.4 Å². The number of para-hydroxylation sites is 1. The topological polar surface area (TPSA) is 16.1 Å². The van der Waals surface area contributed by atoms with E-state index in [0.29, 0.717) is 0 Å². The number of benzene rings is 5. The molecule has 0 atom stereocenters. The van der Waals surface area contributed by atoms with Gasteiger partial charge in [-0.2, -0.15) is 0 Å². The van der Waals surface area contributed by atoms with E-state index in [4.69, 9.17) is 4.98 Å². The van der Waals surface area contributed by atoms with Gasteiger partial charge in [0.25, 0.3) is 0 Å². The summed E-state index contributed by atoms with van der Waals surface area (Å²) < 4.78 is 0. The first-order chi connectivity index (χ1) is 18.8. The Kier molecular flexibility index (Phi) is 5.56. The Hall–Kier alpha value is -4.95. The third-order valence-electron chi connectivity index (χ3n) is 7.30. The molecule has 0 unspecified atom stereocenters. The lowest BCUT2D eigenvalue weighted by molar-refractivity contribution is 1.10. The quantitative estimate of drug-likeness (QED) is 0.247. The van der Waals surface area contributed by atoms with Crippen LogP contribution in [0.4, 0.5) is 11.4 Å². The van der Waals surface area contributed by atoms with Crippen molar-refractivity contribution < 1.29 is 0 Å². The smallest absolute Gasteiger partial charge is 0.0809 e. The molecule has 0 bridgehead atoms. The van der Waals surface area contributed by atoms with Gasteiger partial charge in [-0.05, 0) is 52.6 Å². The van der Waals surface area contributed by atoms with Crippen LogP contribution in [0.2, 0.25) is 0 Å². The molecule has 0 N–H and O–H groups in total. The lowest BCUT2D eigenvalue weighted by Gasteiger charge is -2.32. The molecule has 5 aromatic carbocycles. The molecule has 2 heteroatoms. The zero-order valence-corrected chi connectivity index (χ0v) is 21.0. The number of hydrogen-bond donors (Lipinski definition) is 0. The van der Waals surface area contributed by atoms with Crippen LogP contribution >= 0.6 is 0 Å². The largest absolute Gasteiger partial charge is 0.336 e. The van der Waals surface area contributed by atoms with Crippen LogP contribution < -0.4 is 4.90 Å². The number of fused-ring (bicyclic) bond motifs is 3. The highest BCUT2D eigenvalue weighted by Crippen LogP contribution is 2.43. The van der Waals surface area contributed by atoms with E-state index in [1.54, 1.807) is 0 Å². The molecule has 1 aromatic heterocycles. The summed E-state index contributed by atoms with van der Waals surface area (Å²) in [5.74, 6) is 0. The molecule has 1 aliphatic heterocycles. The molecule has 0 fully saturated rings. The molecule has 1 aliphatic rings. The van der Waals surface area contributed by atoms with E-state index in [2.05, 4.69) is 151 Å². The molecule has 2 nitrogen and oxygen atoms in total. The van der Waals surface area contributed by atoms with Crippen molar-refractivity contribution in [2.24, 2.45) is 0 Å². The minimum Gasteiger partial charge on any atom is -0.336 e. The highest BCUT2D eigenvalue weighted by molar-refractivity contribution is 6.07. The molecule has 7 rings (SSSR count). The van der Waals surface area contributed by atoms with E-state index in [1.807, 2.05) is 0 Å². The van der Waals surface area contributed by atoms with Crippen molar-refractivity contribution in [2.45, 2.75) is 0 Å². The van der Waals surface area contributed by atoms with Gasteiger partial charge in [-0.3, -0.25) is 0 Å². The lowest BCUT2D eigenvalue weighted by Crippen LogP contribution is -2.23. The van der Waals surface area contributed by atoms with E-state index >= 15 is 0 Å². The zero-order chi connectivity index (χ0) is 25.3. The van der Waals surface area contributed by atoms with Crippen molar-refractivity contribution in [1.82, 2.24) is 4.98 Å². The fraction of sp³-hybridized carbons (Fsp3) is 0.0278. The maximum absolute atomic E-state index is 5.33. The maximum Gasteiger partial charge on any atom is 0.0809 e. The van der Waals surface area contributed by atoms with Crippen molar-refractivity contribution >= 4 is 33.9 Å². The Morgan fingerprint density at radius 1 is 0.553 bits per heavy atom. The SMILES string of the molecule is C1=C(c2ccccc2)CN(c2ccccc2)c2ccc3c(-c4ccccc4)cc(-c4ccccc4)nc3c21. The highest BCUT2D eigenvalue weighted by Gasteiger charge is 2.24. The van der Waals surface area contributed by atoms with Gasteiger partial charge in [-0.1, -0.05) is 115 Å². The maximum atomic E-state index is 5.33. The average molecular weight is 487 g/mol. The summed E-state index contributed by atoms with van der Waals surface area (Å²) in [6.45, 7) is 0.802. The monoisotopic (exact) mass is 486 g/mol. The number of anilines is 2. The van der Waals surface area contributed by atoms with Crippen molar-refractivity contribution in [3.8, 4) is 22.4 Å². The number of hydrogen-bond acceptors (Lipinski definition) is 2. The third kappa shape index (κ3) is 3.97. The molecule has 2 heterocycles. The van der Waals surface area contributed by atoms with Gasteiger partial charge < -0.3 is 4.90 Å². The normalized spacial score (nSPS) is 12.7. The van der Waals surface area contributed by atoms with E-state index in [0.717, 1.165) is 34.3 Å². The number of pyridine rings is 1. The molecule has 0 saturated carbocycles. The van der Waals surface area contributed by atoms with E-state index in [1.165, 1.54) is 33.6 Å². The third-order valence-corrected chi connectivity index (χ3v) is 7.30. The molecular formula is C36H26N2. The van der Waals surface area contributed by atoms with E-state index in [-0.39, 0.29) is 0 Å². The first kappa shape index (κ1) is 22.3. The number of nitrogens with zero attached hydrogens (tertiary/aromatic N) is 2. The summed E-state index contributed by atoms with van der Waals surface area (Å²) in [5.41, 5.74) is 11.6. The molecule has 0 amide bonds. The van der Waals surface area contributed by atoms with Gasteiger partial charge in [0.2, 0.25) is 0 Å². The van der Waals surface area contributed by atoms with Gasteiger partial charge in [0.15, 0.2) is 0 Å². The van der Waals surface area contributed by atoms with Gasteiger partial charge >= 0.3 is 0 Å². The van der Waals surface area contributed by atoms with Crippen molar-refractivity contribution in [3.63, 3.8) is 0 Å². The Balaban J connectivity index is 1.55. The van der Waals surface area contributed by atoms with Crippen LogP contribution in [0.15, 0.2) is 140 Å². The van der Waals surface area contributed by atoms with Crippen LogP contribution in [0.5, 0.6) is 0 Å².